The summed E-state index contributed by atoms with van der Waals surface area (Å²) in [5, 5.41) is 20.5. The zero-order chi connectivity index (χ0) is 19.0. The van der Waals surface area contributed by atoms with Crippen molar-refractivity contribution in [2.45, 2.75) is 12.8 Å². The second kappa shape index (κ2) is 6.85. The lowest BCUT2D eigenvalue weighted by molar-refractivity contribution is 0.0999. The van der Waals surface area contributed by atoms with E-state index in [1.165, 1.54) is 0 Å². The van der Waals surface area contributed by atoms with Crippen molar-refractivity contribution in [2.75, 3.05) is 13.2 Å². The predicted molar refractivity (Wildman–Crippen MR) is 101 cm³/mol. The number of Topliss-reactive ketones (excluding diaryl/α,β-unsaturated/α-hetero) is 2. The maximum absolute atomic E-state index is 12.3. The van der Waals surface area contributed by atoms with Crippen LogP contribution in [-0.2, 0) is 4.74 Å². The molecule has 0 aromatic heterocycles. The molecule has 2 aromatic rings. The Hall–Kier alpha value is -3.18. The number of aliphatic hydroxyl groups is 2. The summed E-state index contributed by atoms with van der Waals surface area (Å²) in [7, 11) is 0. The van der Waals surface area contributed by atoms with E-state index in [0.717, 1.165) is 0 Å². The van der Waals surface area contributed by atoms with Crippen molar-refractivity contribution in [3.05, 3.63) is 81.9 Å². The molecule has 2 aliphatic carbocycles. The highest BCUT2D eigenvalue weighted by Gasteiger charge is 2.30. The van der Waals surface area contributed by atoms with Crippen LogP contribution in [0, 0.1) is 0 Å². The van der Waals surface area contributed by atoms with Gasteiger partial charge in [-0.05, 0) is 0 Å². The molecular weight excluding hydrogens is 344 g/mol. The lowest BCUT2D eigenvalue weighted by Gasteiger charge is -2.06. The third-order valence-electron chi connectivity index (χ3n) is 4.97. The smallest absolute Gasteiger partial charge is 0.193 e. The first-order chi connectivity index (χ1) is 13.1. The monoisotopic (exact) mass is 362 g/mol. The van der Waals surface area contributed by atoms with Crippen LogP contribution in [0.1, 0.15) is 44.7 Å². The number of ketones is 2. The minimum atomic E-state index is -0.173. The Morgan fingerprint density at radius 1 is 0.630 bits per heavy atom. The molecule has 0 radical (unpaired) electrons. The normalized spacial score (nSPS) is 15.6. The fourth-order valence-electron chi connectivity index (χ4n) is 3.55. The molecule has 136 valence electrons. The van der Waals surface area contributed by atoms with E-state index in [1.807, 2.05) is 0 Å². The Morgan fingerprint density at radius 2 is 1.00 bits per heavy atom. The van der Waals surface area contributed by atoms with E-state index in [4.69, 9.17) is 4.74 Å². The highest BCUT2D eigenvalue weighted by molar-refractivity contribution is 6.20. The first-order valence-electron chi connectivity index (χ1n) is 8.79. The maximum Gasteiger partial charge on any atom is 0.193 e. The largest absolute Gasteiger partial charge is 0.507 e. The SMILES string of the molecule is O=C1C(CCOCCC2=C(O)c3ccccc3C2=O)=C(O)c2ccccc21. The lowest BCUT2D eigenvalue weighted by atomic mass is 10.1. The Kier molecular flexibility index (Phi) is 4.38. The fourth-order valence-corrected chi connectivity index (χ4v) is 3.55. The van der Waals surface area contributed by atoms with Gasteiger partial charge in [0.25, 0.3) is 0 Å². The summed E-state index contributed by atoms with van der Waals surface area (Å²) >= 11 is 0. The van der Waals surface area contributed by atoms with Gasteiger partial charge in [-0.25, -0.2) is 0 Å². The maximum atomic E-state index is 12.3. The third-order valence-corrected chi connectivity index (χ3v) is 4.97. The number of hydrogen-bond donors (Lipinski definition) is 2. The predicted octanol–water partition coefficient (Wildman–Crippen LogP) is 4.11. The van der Waals surface area contributed by atoms with Crippen LogP contribution < -0.4 is 0 Å². The number of ether oxygens (including phenoxy) is 1. The van der Waals surface area contributed by atoms with E-state index < -0.39 is 0 Å². The van der Waals surface area contributed by atoms with Crippen LogP contribution in [0.15, 0.2) is 59.7 Å². The average molecular weight is 362 g/mol. The highest BCUT2D eigenvalue weighted by atomic mass is 16.5. The summed E-state index contributed by atoms with van der Waals surface area (Å²) in [4.78, 5) is 24.7. The second-order valence-electron chi connectivity index (χ2n) is 6.52. The molecule has 2 N–H and O–H groups in total. The Bertz CT molecular complexity index is 931. The number of carbonyl (C=O) groups is 2. The number of fused-ring (bicyclic) bond motifs is 2. The van der Waals surface area contributed by atoms with Crippen LogP contribution in [0.25, 0.3) is 11.5 Å². The number of hydrogen-bond acceptors (Lipinski definition) is 5. The van der Waals surface area contributed by atoms with E-state index >= 15 is 0 Å². The molecule has 2 aliphatic rings. The van der Waals surface area contributed by atoms with Gasteiger partial charge in [-0.3, -0.25) is 9.59 Å². The molecule has 0 unspecified atom stereocenters. The molecule has 0 spiro atoms. The highest BCUT2D eigenvalue weighted by Crippen LogP contribution is 2.33. The molecule has 5 nitrogen and oxygen atoms in total. The molecule has 4 rings (SSSR count). The van der Waals surface area contributed by atoms with E-state index in [2.05, 4.69) is 0 Å². The first kappa shape index (κ1) is 17.2. The minimum Gasteiger partial charge on any atom is -0.507 e. The Labute approximate surface area is 156 Å². The molecule has 0 amide bonds. The van der Waals surface area contributed by atoms with Crippen molar-refractivity contribution < 1.29 is 24.5 Å². The zero-order valence-electron chi connectivity index (χ0n) is 14.6. The third kappa shape index (κ3) is 2.86. The van der Waals surface area contributed by atoms with Gasteiger partial charge in [-0.1, -0.05) is 48.5 Å². The van der Waals surface area contributed by atoms with Crippen molar-refractivity contribution in [1.82, 2.24) is 0 Å². The van der Waals surface area contributed by atoms with Gasteiger partial charge in [0.05, 0.1) is 13.2 Å². The Balaban J connectivity index is 1.32. The van der Waals surface area contributed by atoms with Gasteiger partial charge < -0.3 is 14.9 Å². The molecule has 0 bridgehead atoms. The van der Waals surface area contributed by atoms with Crippen LogP contribution in [0.4, 0.5) is 0 Å². The van der Waals surface area contributed by atoms with E-state index in [9.17, 15) is 19.8 Å². The van der Waals surface area contributed by atoms with E-state index in [1.54, 1.807) is 48.5 Å². The van der Waals surface area contributed by atoms with Gasteiger partial charge in [-0.15, -0.1) is 0 Å². The number of benzene rings is 2. The Morgan fingerprint density at radius 3 is 1.37 bits per heavy atom. The number of aliphatic hydroxyl groups excluding tert-OH is 2. The fraction of sp³-hybridized carbons (Fsp3) is 0.182. The molecule has 0 atom stereocenters. The topological polar surface area (TPSA) is 83.8 Å². The molecule has 0 saturated heterocycles. The number of rotatable bonds is 6. The molecule has 0 saturated carbocycles. The van der Waals surface area contributed by atoms with Gasteiger partial charge >= 0.3 is 0 Å². The summed E-state index contributed by atoms with van der Waals surface area (Å²) in [6.45, 7) is 0.489. The molecule has 27 heavy (non-hydrogen) atoms. The summed E-state index contributed by atoms with van der Waals surface area (Å²) in [5.74, 6) is -0.316. The van der Waals surface area contributed by atoms with Crippen LogP contribution in [0.5, 0.6) is 0 Å². The van der Waals surface area contributed by atoms with Crippen molar-refractivity contribution >= 4 is 23.1 Å². The minimum absolute atomic E-state index is 0.0148. The summed E-state index contributed by atoms with van der Waals surface area (Å²) in [6.07, 6.45) is 0.580. The molecule has 2 aromatic carbocycles. The van der Waals surface area contributed by atoms with Gasteiger partial charge in [0, 0.05) is 46.2 Å². The first-order valence-corrected chi connectivity index (χ1v) is 8.79. The van der Waals surface area contributed by atoms with Gasteiger partial charge in [-0.2, -0.15) is 0 Å². The molecule has 0 heterocycles. The van der Waals surface area contributed by atoms with Gasteiger partial charge in [0.15, 0.2) is 11.6 Å². The quantitative estimate of drug-likeness (QED) is 0.756. The van der Waals surface area contributed by atoms with Crippen molar-refractivity contribution in [3.63, 3.8) is 0 Å². The molecule has 5 heteroatoms. The average Bonchev–Trinajstić information content (AvgIpc) is 3.08. The van der Waals surface area contributed by atoms with Gasteiger partial charge in [0.1, 0.15) is 11.5 Å². The molecule has 0 fully saturated rings. The van der Waals surface area contributed by atoms with Crippen molar-refractivity contribution in [2.24, 2.45) is 0 Å². The van der Waals surface area contributed by atoms with Gasteiger partial charge in [0.2, 0.25) is 0 Å². The summed E-state index contributed by atoms with van der Waals surface area (Å²) in [6, 6.07) is 13.9. The van der Waals surface area contributed by atoms with Crippen LogP contribution >= 0.6 is 0 Å². The number of carbonyl (C=O) groups excluding carboxylic acids is 2. The summed E-state index contributed by atoms with van der Waals surface area (Å²) < 4.78 is 5.55. The lowest BCUT2D eigenvalue weighted by Crippen LogP contribution is -2.07. The standard InChI is InChI=1S/C22H18O5/c23-19-13-5-1-2-6-14(13)20(24)17(19)9-11-27-12-10-18-21(25)15-7-3-4-8-16(15)22(18)26/h1-8,23,25H,9-12H2. The van der Waals surface area contributed by atoms with Crippen molar-refractivity contribution in [1.29, 1.82) is 0 Å². The zero-order valence-corrected chi connectivity index (χ0v) is 14.6. The molecule has 0 aliphatic heterocycles. The van der Waals surface area contributed by atoms with E-state index in [0.29, 0.717) is 46.2 Å². The van der Waals surface area contributed by atoms with Crippen LogP contribution in [-0.4, -0.2) is 35.0 Å². The van der Waals surface area contributed by atoms with E-state index in [-0.39, 0.29) is 36.3 Å². The summed E-state index contributed by atoms with van der Waals surface area (Å²) in [5.41, 5.74) is 2.83. The van der Waals surface area contributed by atoms with Crippen molar-refractivity contribution in [3.8, 4) is 0 Å². The molecular formula is C22H18O5. The van der Waals surface area contributed by atoms with Crippen LogP contribution in [0.2, 0.25) is 0 Å². The second-order valence-corrected chi connectivity index (χ2v) is 6.52. The van der Waals surface area contributed by atoms with Crippen LogP contribution in [0.3, 0.4) is 0 Å².